The van der Waals surface area contributed by atoms with Gasteiger partial charge in [0.15, 0.2) is 0 Å². The lowest BCUT2D eigenvalue weighted by Crippen LogP contribution is -2.22. The number of aryl methyl sites for hydroxylation is 2. The molecule has 7 nitrogen and oxygen atoms in total. The van der Waals surface area contributed by atoms with Crippen molar-refractivity contribution in [2.45, 2.75) is 19.8 Å². The van der Waals surface area contributed by atoms with Crippen molar-refractivity contribution in [2.24, 2.45) is 7.05 Å². The van der Waals surface area contributed by atoms with E-state index in [1.165, 1.54) is 0 Å². The first-order valence-corrected chi connectivity index (χ1v) is 9.88. The standard InChI is InChI=1S/C23H21N7/c1-15-13-29(20-7-4-17(11-24)5-8-20)22-10-18(19-12-25-28(3)14-19)6-9-21(22)30-16(2)26-27-23(15)30/h4-10,12,14-15H,13H2,1-3H3/t15-/m0/s1. The molecule has 0 N–H and O–H groups in total. The quantitative estimate of drug-likeness (QED) is 0.511. The van der Waals surface area contributed by atoms with E-state index in [1.807, 2.05) is 55.3 Å². The molecule has 0 spiro atoms. The summed E-state index contributed by atoms with van der Waals surface area (Å²) in [6.07, 6.45) is 3.89. The summed E-state index contributed by atoms with van der Waals surface area (Å²) in [6.45, 7) is 4.91. The minimum absolute atomic E-state index is 0.177. The molecule has 30 heavy (non-hydrogen) atoms. The number of aromatic nitrogens is 5. The zero-order chi connectivity index (χ0) is 20.8. The maximum absolute atomic E-state index is 9.18. The van der Waals surface area contributed by atoms with E-state index in [1.54, 1.807) is 0 Å². The normalized spacial score (nSPS) is 15.3. The minimum Gasteiger partial charge on any atom is -0.339 e. The van der Waals surface area contributed by atoms with Gasteiger partial charge in [-0.1, -0.05) is 13.0 Å². The van der Waals surface area contributed by atoms with Crippen molar-refractivity contribution in [3.8, 4) is 22.9 Å². The molecule has 0 fully saturated rings. The molecule has 0 unspecified atom stereocenters. The molecule has 0 radical (unpaired) electrons. The molecular weight excluding hydrogens is 374 g/mol. The fraction of sp³-hybridized carbons (Fsp3) is 0.217. The fourth-order valence-corrected chi connectivity index (χ4v) is 4.09. The van der Waals surface area contributed by atoms with Crippen LogP contribution < -0.4 is 4.90 Å². The highest BCUT2D eigenvalue weighted by atomic mass is 15.3. The number of nitrogens with zero attached hydrogens (tertiary/aromatic N) is 7. The summed E-state index contributed by atoms with van der Waals surface area (Å²) in [5.41, 5.74) is 5.99. The zero-order valence-electron chi connectivity index (χ0n) is 17.1. The fourth-order valence-electron chi connectivity index (χ4n) is 4.09. The third kappa shape index (κ3) is 2.85. The third-order valence-electron chi connectivity index (χ3n) is 5.60. The number of rotatable bonds is 2. The number of fused-ring (bicyclic) bond motifs is 3. The van der Waals surface area contributed by atoms with Gasteiger partial charge in [-0.05, 0) is 48.9 Å². The topological polar surface area (TPSA) is 75.6 Å². The van der Waals surface area contributed by atoms with Gasteiger partial charge in [-0.3, -0.25) is 9.25 Å². The van der Waals surface area contributed by atoms with Crippen molar-refractivity contribution in [2.75, 3.05) is 11.4 Å². The van der Waals surface area contributed by atoms with Crippen molar-refractivity contribution < 1.29 is 0 Å². The van der Waals surface area contributed by atoms with Crippen LogP contribution in [0.1, 0.15) is 30.1 Å². The molecule has 1 atom stereocenters. The van der Waals surface area contributed by atoms with Gasteiger partial charge < -0.3 is 4.90 Å². The molecule has 0 amide bonds. The molecule has 2 aromatic carbocycles. The minimum atomic E-state index is 0.177. The maximum atomic E-state index is 9.18. The Labute approximate surface area is 174 Å². The molecule has 0 aliphatic carbocycles. The van der Waals surface area contributed by atoms with Gasteiger partial charge in [0.2, 0.25) is 0 Å². The highest BCUT2D eigenvalue weighted by Gasteiger charge is 2.28. The zero-order valence-corrected chi connectivity index (χ0v) is 17.1. The Balaban J connectivity index is 1.73. The smallest absolute Gasteiger partial charge is 0.142 e. The van der Waals surface area contributed by atoms with Crippen LogP contribution in [-0.4, -0.2) is 31.1 Å². The van der Waals surface area contributed by atoms with Gasteiger partial charge in [0.1, 0.15) is 11.6 Å². The van der Waals surface area contributed by atoms with Crippen molar-refractivity contribution in [1.29, 1.82) is 5.26 Å². The number of hydrogen-bond donors (Lipinski definition) is 0. The van der Waals surface area contributed by atoms with Crippen molar-refractivity contribution in [3.05, 3.63) is 72.1 Å². The monoisotopic (exact) mass is 395 g/mol. The maximum Gasteiger partial charge on any atom is 0.142 e. The lowest BCUT2D eigenvalue weighted by atomic mass is 10.1. The predicted molar refractivity (Wildman–Crippen MR) is 115 cm³/mol. The largest absolute Gasteiger partial charge is 0.339 e. The summed E-state index contributed by atoms with van der Waals surface area (Å²) >= 11 is 0. The highest BCUT2D eigenvalue weighted by molar-refractivity contribution is 5.79. The van der Waals surface area contributed by atoms with Crippen molar-refractivity contribution >= 4 is 11.4 Å². The number of hydrogen-bond acceptors (Lipinski definition) is 5. The van der Waals surface area contributed by atoms with Crippen LogP contribution in [0.15, 0.2) is 54.9 Å². The average Bonchev–Trinajstić information content (AvgIpc) is 3.34. The van der Waals surface area contributed by atoms with Gasteiger partial charge >= 0.3 is 0 Å². The molecule has 148 valence electrons. The van der Waals surface area contributed by atoms with Crippen molar-refractivity contribution in [1.82, 2.24) is 24.5 Å². The number of anilines is 2. The van der Waals surface area contributed by atoms with E-state index in [2.05, 4.69) is 56.0 Å². The second-order valence-electron chi connectivity index (χ2n) is 7.72. The van der Waals surface area contributed by atoms with Crippen LogP contribution in [0.4, 0.5) is 11.4 Å². The second kappa shape index (κ2) is 6.85. The van der Waals surface area contributed by atoms with E-state index < -0.39 is 0 Å². The Morgan fingerprint density at radius 2 is 1.83 bits per heavy atom. The van der Waals surface area contributed by atoms with E-state index in [-0.39, 0.29) is 5.92 Å². The van der Waals surface area contributed by atoms with Crippen molar-refractivity contribution in [3.63, 3.8) is 0 Å². The van der Waals surface area contributed by atoms with Crippen LogP contribution in [0.5, 0.6) is 0 Å². The third-order valence-corrected chi connectivity index (χ3v) is 5.60. The highest BCUT2D eigenvalue weighted by Crippen LogP contribution is 2.40. The summed E-state index contributed by atoms with van der Waals surface area (Å²) in [4.78, 5) is 2.30. The van der Waals surface area contributed by atoms with E-state index in [4.69, 9.17) is 0 Å². The molecule has 4 aromatic rings. The summed E-state index contributed by atoms with van der Waals surface area (Å²) in [6, 6.07) is 16.4. The van der Waals surface area contributed by atoms with E-state index in [0.717, 1.165) is 46.4 Å². The summed E-state index contributed by atoms with van der Waals surface area (Å²) < 4.78 is 3.96. The molecule has 1 aliphatic rings. The van der Waals surface area contributed by atoms with E-state index >= 15 is 0 Å². The first kappa shape index (κ1) is 18.1. The van der Waals surface area contributed by atoms with Crippen LogP contribution in [0.3, 0.4) is 0 Å². The first-order chi connectivity index (χ1) is 14.5. The second-order valence-corrected chi connectivity index (χ2v) is 7.72. The predicted octanol–water partition coefficient (Wildman–Crippen LogP) is 4.10. The summed E-state index contributed by atoms with van der Waals surface area (Å²) in [5.74, 6) is 2.00. The van der Waals surface area contributed by atoms with Gasteiger partial charge in [0.25, 0.3) is 0 Å². The molecule has 5 rings (SSSR count). The molecule has 0 bridgehead atoms. The Bertz CT molecular complexity index is 1270. The first-order valence-electron chi connectivity index (χ1n) is 9.88. The van der Waals surface area contributed by atoms with E-state index in [9.17, 15) is 5.26 Å². The SMILES string of the molecule is Cc1nnc2n1-c1ccc(-c3cnn(C)c3)cc1N(c1ccc(C#N)cc1)C[C@@H]2C. The van der Waals surface area contributed by atoms with Crippen LogP contribution in [0.25, 0.3) is 16.8 Å². The Morgan fingerprint density at radius 3 is 2.53 bits per heavy atom. The summed E-state index contributed by atoms with van der Waals surface area (Å²) in [5, 5.41) is 22.3. The van der Waals surface area contributed by atoms with E-state index in [0.29, 0.717) is 5.56 Å². The van der Waals surface area contributed by atoms with Crippen LogP contribution in [0, 0.1) is 18.3 Å². The average molecular weight is 395 g/mol. The molecule has 0 saturated carbocycles. The Hall–Kier alpha value is -3.92. The van der Waals surface area contributed by atoms with Crippen LogP contribution >= 0.6 is 0 Å². The van der Waals surface area contributed by atoms with Gasteiger partial charge in [-0.2, -0.15) is 10.4 Å². The van der Waals surface area contributed by atoms with Gasteiger partial charge in [-0.25, -0.2) is 0 Å². The Kier molecular flexibility index (Phi) is 4.14. The lowest BCUT2D eigenvalue weighted by Gasteiger charge is -2.27. The molecule has 3 heterocycles. The molecule has 1 aliphatic heterocycles. The van der Waals surface area contributed by atoms with Gasteiger partial charge in [0.05, 0.1) is 29.2 Å². The lowest BCUT2D eigenvalue weighted by molar-refractivity contribution is 0.696. The van der Waals surface area contributed by atoms with Gasteiger partial charge in [0, 0.05) is 37.0 Å². The number of nitriles is 1. The number of benzene rings is 2. The van der Waals surface area contributed by atoms with Gasteiger partial charge in [-0.15, -0.1) is 10.2 Å². The molecule has 7 heteroatoms. The van der Waals surface area contributed by atoms with Crippen LogP contribution in [0.2, 0.25) is 0 Å². The van der Waals surface area contributed by atoms with Crippen LogP contribution in [-0.2, 0) is 7.05 Å². The molecule has 0 saturated heterocycles. The molecular formula is C23H21N7. The molecule has 2 aromatic heterocycles. The summed E-state index contributed by atoms with van der Waals surface area (Å²) in [7, 11) is 1.92. The Morgan fingerprint density at radius 1 is 1.03 bits per heavy atom.